The number of benzene rings is 1. The van der Waals surface area contributed by atoms with Crippen LogP contribution in [0.1, 0.15) is 16.8 Å². The van der Waals surface area contributed by atoms with Crippen LogP contribution < -0.4 is 15.4 Å². The summed E-state index contributed by atoms with van der Waals surface area (Å²) in [5, 5.41) is 5.84. The van der Waals surface area contributed by atoms with Crippen LogP contribution in [0.15, 0.2) is 48.8 Å². The summed E-state index contributed by atoms with van der Waals surface area (Å²) in [6.07, 6.45) is 3.95. The molecule has 5 heteroatoms. The molecule has 0 saturated heterocycles. The minimum atomic E-state index is -0.132. The molecule has 5 nitrogen and oxygen atoms in total. The van der Waals surface area contributed by atoms with Gasteiger partial charge in [-0.05, 0) is 24.6 Å². The van der Waals surface area contributed by atoms with Gasteiger partial charge >= 0.3 is 0 Å². The van der Waals surface area contributed by atoms with Crippen molar-refractivity contribution in [2.75, 3.05) is 25.5 Å². The average molecular weight is 285 g/mol. The minimum absolute atomic E-state index is 0.132. The summed E-state index contributed by atoms with van der Waals surface area (Å²) in [4.78, 5) is 16.0. The van der Waals surface area contributed by atoms with Gasteiger partial charge in [-0.2, -0.15) is 0 Å². The number of nitrogens with one attached hydrogen (secondary N) is 2. The van der Waals surface area contributed by atoms with Crippen molar-refractivity contribution >= 4 is 11.6 Å². The first-order chi connectivity index (χ1) is 10.3. The zero-order valence-corrected chi connectivity index (χ0v) is 12.0. The lowest BCUT2D eigenvalue weighted by atomic mass is 10.2. The van der Waals surface area contributed by atoms with Gasteiger partial charge in [0.05, 0.1) is 12.2 Å². The zero-order chi connectivity index (χ0) is 14.9. The SMILES string of the molecule is CNc1ccncc1C(=O)NCCCOc1ccccc1. The molecule has 1 amide bonds. The smallest absolute Gasteiger partial charge is 0.254 e. The Morgan fingerprint density at radius 2 is 2.05 bits per heavy atom. The van der Waals surface area contributed by atoms with E-state index >= 15 is 0 Å². The highest BCUT2D eigenvalue weighted by Gasteiger charge is 2.09. The summed E-state index contributed by atoms with van der Waals surface area (Å²) in [5.74, 6) is 0.709. The van der Waals surface area contributed by atoms with Crippen molar-refractivity contribution in [3.05, 3.63) is 54.4 Å². The fraction of sp³-hybridized carbons (Fsp3) is 0.250. The van der Waals surface area contributed by atoms with Gasteiger partial charge in [-0.1, -0.05) is 18.2 Å². The second-order valence-corrected chi connectivity index (χ2v) is 4.44. The normalized spacial score (nSPS) is 9.95. The molecule has 21 heavy (non-hydrogen) atoms. The summed E-state index contributed by atoms with van der Waals surface area (Å²) in [6.45, 7) is 1.12. The number of ether oxygens (including phenoxy) is 1. The number of nitrogens with zero attached hydrogens (tertiary/aromatic N) is 1. The lowest BCUT2D eigenvalue weighted by Crippen LogP contribution is -2.26. The van der Waals surface area contributed by atoms with Crippen molar-refractivity contribution < 1.29 is 9.53 Å². The highest BCUT2D eigenvalue weighted by atomic mass is 16.5. The van der Waals surface area contributed by atoms with Crippen LogP contribution in [0.2, 0.25) is 0 Å². The Bertz CT molecular complexity index is 573. The van der Waals surface area contributed by atoms with Crippen LogP contribution in [-0.2, 0) is 0 Å². The monoisotopic (exact) mass is 285 g/mol. The highest BCUT2D eigenvalue weighted by molar-refractivity contribution is 5.99. The number of amides is 1. The van der Waals surface area contributed by atoms with Crippen LogP contribution in [0.4, 0.5) is 5.69 Å². The summed E-state index contributed by atoms with van der Waals surface area (Å²) in [5.41, 5.74) is 1.31. The van der Waals surface area contributed by atoms with E-state index in [0.717, 1.165) is 17.9 Å². The number of hydrogen-bond donors (Lipinski definition) is 2. The minimum Gasteiger partial charge on any atom is -0.494 e. The third-order valence-electron chi connectivity index (χ3n) is 2.95. The number of anilines is 1. The largest absolute Gasteiger partial charge is 0.494 e. The molecule has 0 aliphatic carbocycles. The molecule has 0 fully saturated rings. The predicted octanol–water partition coefficient (Wildman–Crippen LogP) is 2.32. The number of pyridine rings is 1. The number of rotatable bonds is 7. The first-order valence-electron chi connectivity index (χ1n) is 6.89. The van der Waals surface area contributed by atoms with Crippen molar-refractivity contribution in [1.29, 1.82) is 0 Å². The Morgan fingerprint density at radius 1 is 1.24 bits per heavy atom. The zero-order valence-electron chi connectivity index (χ0n) is 12.0. The van der Waals surface area contributed by atoms with Gasteiger partial charge in [-0.15, -0.1) is 0 Å². The van der Waals surface area contributed by atoms with E-state index in [1.807, 2.05) is 30.3 Å². The molecule has 1 aromatic carbocycles. The van der Waals surface area contributed by atoms with E-state index in [9.17, 15) is 4.79 Å². The molecule has 2 aromatic rings. The third kappa shape index (κ3) is 4.49. The number of hydrogen-bond acceptors (Lipinski definition) is 4. The number of carbonyl (C=O) groups is 1. The molecule has 0 atom stereocenters. The van der Waals surface area contributed by atoms with E-state index in [0.29, 0.717) is 18.7 Å². The maximum Gasteiger partial charge on any atom is 0.254 e. The van der Waals surface area contributed by atoms with Crippen LogP contribution in [0.5, 0.6) is 5.75 Å². The van der Waals surface area contributed by atoms with Gasteiger partial charge in [0, 0.05) is 31.7 Å². The van der Waals surface area contributed by atoms with Crippen LogP contribution in [0.25, 0.3) is 0 Å². The third-order valence-corrected chi connectivity index (χ3v) is 2.95. The van der Waals surface area contributed by atoms with Gasteiger partial charge in [-0.25, -0.2) is 0 Å². The van der Waals surface area contributed by atoms with Gasteiger partial charge in [0.2, 0.25) is 0 Å². The van der Waals surface area contributed by atoms with E-state index in [2.05, 4.69) is 15.6 Å². The van der Waals surface area contributed by atoms with Crippen LogP contribution in [-0.4, -0.2) is 31.1 Å². The van der Waals surface area contributed by atoms with Crippen molar-refractivity contribution in [3.63, 3.8) is 0 Å². The molecule has 2 rings (SSSR count). The molecule has 0 aliphatic rings. The molecule has 1 aromatic heterocycles. The number of carbonyl (C=O) groups excluding carboxylic acids is 1. The van der Waals surface area contributed by atoms with Crippen molar-refractivity contribution in [2.45, 2.75) is 6.42 Å². The lowest BCUT2D eigenvalue weighted by Gasteiger charge is -2.09. The van der Waals surface area contributed by atoms with E-state index in [4.69, 9.17) is 4.74 Å². The van der Waals surface area contributed by atoms with Gasteiger partial charge in [0.25, 0.3) is 5.91 Å². The lowest BCUT2D eigenvalue weighted by molar-refractivity contribution is 0.0952. The van der Waals surface area contributed by atoms with Crippen LogP contribution >= 0.6 is 0 Å². The topological polar surface area (TPSA) is 63.2 Å². The highest BCUT2D eigenvalue weighted by Crippen LogP contribution is 2.12. The second kappa shape index (κ2) is 7.89. The quantitative estimate of drug-likeness (QED) is 0.766. The van der Waals surface area contributed by atoms with Gasteiger partial charge in [0.1, 0.15) is 5.75 Å². The molecule has 0 bridgehead atoms. The first kappa shape index (κ1) is 14.8. The molecule has 0 aliphatic heterocycles. The molecule has 0 spiro atoms. The number of aromatic nitrogens is 1. The van der Waals surface area contributed by atoms with Gasteiger partial charge < -0.3 is 15.4 Å². The maximum atomic E-state index is 12.0. The second-order valence-electron chi connectivity index (χ2n) is 4.44. The Balaban J connectivity index is 1.72. The molecule has 110 valence electrons. The summed E-state index contributed by atoms with van der Waals surface area (Å²) < 4.78 is 5.56. The predicted molar refractivity (Wildman–Crippen MR) is 82.7 cm³/mol. The van der Waals surface area contributed by atoms with Crippen molar-refractivity contribution in [1.82, 2.24) is 10.3 Å². The molecule has 0 saturated carbocycles. The Morgan fingerprint density at radius 3 is 2.81 bits per heavy atom. The van der Waals surface area contributed by atoms with Crippen LogP contribution in [0.3, 0.4) is 0 Å². The van der Waals surface area contributed by atoms with Gasteiger partial charge in [0.15, 0.2) is 0 Å². The van der Waals surface area contributed by atoms with E-state index in [1.54, 1.807) is 25.5 Å². The molecular weight excluding hydrogens is 266 g/mol. The van der Waals surface area contributed by atoms with E-state index in [-0.39, 0.29) is 5.91 Å². The molecule has 0 unspecified atom stereocenters. The van der Waals surface area contributed by atoms with E-state index in [1.165, 1.54) is 0 Å². The summed E-state index contributed by atoms with van der Waals surface area (Å²) in [6, 6.07) is 11.4. The Labute approximate surface area is 124 Å². The standard InChI is InChI=1S/C16H19N3O2/c1-17-15-8-10-18-12-14(15)16(20)19-9-5-11-21-13-6-3-2-4-7-13/h2-4,6-8,10,12H,5,9,11H2,1H3,(H,17,18)(H,19,20). The summed E-state index contributed by atoms with van der Waals surface area (Å²) in [7, 11) is 1.78. The maximum absolute atomic E-state index is 12.0. The Kier molecular flexibility index (Phi) is 5.58. The first-order valence-corrected chi connectivity index (χ1v) is 6.89. The fourth-order valence-electron chi connectivity index (χ4n) is 1.87. The molecular formula is C16H19N3O2. The van der Waals surface area contributed by atoms with E-state index < -0.39 is 0 Å². The summed E-state index contributed by atoms with van der Waals surface area (Å²) >= 11 is 0. The molecule has 2 N–H and O–H groups in total. The van der Waals surface area contributed by atoms with Crippen molar-refractivity contribution in [2.24, 2.45) is 0 Å². The van der Waals surface area contributed by atoms with Gasteiger partial charge in [-0.3, -0.25) is 9.78 Å². The van der Waals surface area contributed by atoms with Crippen molar-refractivity contribution in [3.8, 4) is 5.75 Å². The molecule has 1 heterocycles. The Hall–Kier alpha value is -2.56. The molecule has 0 radical (unpaired) electrons. The average Bonchev–Trinajstić information content (AvgIpc) is 2.55. The fourth-order valence-corrected chi connectivity index (χ4v) is 1.87. The number of para-hydroxylation sites is 1. The van der Waals surface area contributed by atoms with Crippen LogP contribution in [0, 0.1) is 0 Å².